The first kappa shape index (κ1) is 19.7. The number of pyridine rings is 2. The molecule has 1 radical (unpaired) electrons. The van der Waals surface area contributed by atoms with Crippen LogP contribution in [0.3, 0.4) is 0 Å². The normalized spacial score (nSPS) is 10.6. The largest absolute Gasteiger partial charge is 0.365 e. The third-order valence-electron chi connectivity index (χ3n) is 4.78. The van der Waals surface area contributed by atoms with Crippen molar-refractivity contribution in [2.24, 2.45) is 5.73 Å². The number of carbonyl (C=O) groups excluding carboxylic acids is 2. The maximum absolute atomic E-state index is 12.3. The van der Waals surface area contributed by atoms with Crippen LogP contribution in [0.2, 0.25) is 0 Å². The number of nitrogens with zero attached hydrogens (tertiary/aromatic N) is 6. The fourth-order valence-electron chi connectivity index (χ4n) is 3.23. The molecule has 3 heterocycles. The number of benzene rings is 1. The van der Waals surface area contributed by atoms with Gasteiger partial charge < -0.3 is 10.6 Å². The highest BCUT2D eigenvalue weighted by Gasteiger charge is 2.16. The predicted molar refractivity (Wildman–Crippen MR) is 112 cm³/mol. The van der Waals surface area contributed by atoms with Crippen LogP contribution in [0, 0.1) is 17.7 Å². The number of hydrogen-bond donors (Lipinski definition) is 1. The molecule has 3 aromatic heterocycles. The van der Waals surface area contributed by atoms with E-state index in [1.54, 1.807) is 35.4 Å². The first-order chi connectivity index (χ1) is 15.0. The van der Waals surface area contributed by atoms with Crippen LogP contribution in [0.1, 0.15) is 28.5 Å². The fraction of sp³-hybridized carbons (Fsp3) is 0.0909. The molecule has 0 saturated carbocycles. The zero-order chi connectivity index (χ0) is 22.0. The lowest BCUT2D eigenvalue weighted by Gasteiger charge is -2.21. The molecule has 2 N–H and O–H groups in total. The standard InChI is InChI=1S/C22H16N7O2/c1-14(30)28(12-15-2-5-17(10-23)25-11-15)18-6-3-16(4-7-18)20-9-8-19(21(24)31)22-26-13-27-29(20)22/h2-9,11H,12H2,1H3,(H2,24,31). The summed E-state index contributed by atoms with van der Waals surface area (Å²) in [6, 6.07) is 16.0. The number of fused-ring (bicyclic) bond motifs is 1. The Kier molecular flexibility index (Phi) is 5.12. The Morgan fingerprint density at radius 3 is 2.55 bits per heavy atom. The van der Waals surface area contributed by atoms with Gasteiger partial charge in [0.15, 0.2) is 5.65 Å². The highest BCUT2D eigenvalue weighted by molar-refractivity contribution is 5.99. The third-order valence-corrected chi connectivity index (χ3v) is 4.78. The summed E-state index contributed by atoms with van der Waals surface area (Å²) in [7, 11) is 0. The second-order valence-corrected chi connectivity index (χ2v) is 6.76. The van der Waals surface area contributed by atoms with Crippen molar-refractivity contribution in [2.45, 2.75) is 13.5 Å². The molecule has 1 aromatic carbocycles. The van der Waals surface area contributed by atoms with Crippen LogP contribution in [-0.2, 0) is 11.3 Å². The maximum atomic E-state index is 12.3. The van der Waals surface area contributed by atoms with Gasteiger partial charge in [0.25, 0.3) is 5.91 Å². The van der Waals surface area contributed by atoms with Gasteiger partial charge in [0.05, 0.1) is 17.8 Å². The van der Waals surface area contributed by atoms with Crippen molar-refractivity contribution in [2.75, 3.05) is 4.90 Å². The monoisotopic (exact) mass is 410 g/mol. The minimum atomic E-state index is -0.595. The number of primary amides is 1. The predicted octanol–water partition coefficient (Wildman–Crippen LogP) is 2.12. The lowest BCUT2D eigenvalue weighted by molar-refractivity contribution is -0.116. The van der Waals surface area contributed by atoms with Gasteiger partial charge in [0, 0.05) is 24.4 Å². The summed E-state index contributed by atoms with van der Waals surface area (Å²) in [5, 5.41) is 13.0. The smallest absolute Gasteiger partial charge is 0.252 e. The van der Waals surface area contributed by atoms with Gasteiger partial charge in [0.1, 0.15) is 11.8 Å². The van der Waals surface area contributed by atoms with Gasteiger partial charge in [-0.2, -0.15) is 5.26 Å². The molecule has 151 valence electrons. The highest BCUT2D eigenvalue weighted by Crippen LogP contribution is 2.25. The number of nitrogens with two attached hydrogens (primary N) is 1. The van der Waals surface area contributed by atoms with E-state index in [1.165, 1.54) is 11.4 Å². The van der Waals surface area contributed by atoms with E-state index in [4.69, 9.17) is 11.0 Å². The summed E-state index contributed by atoms with van der Waals surface area (Å²) >= 11 is 0. The van der Waals surface area contributed by atoms with Crippen LogP contribution in [0.25, 0.3) is 16.9 Å². The molecule has 0 aliphatic carbocycles. The minimum absolute atomic E-state index is 0.129. The molecular weight excluding hydrogens is 394 g/mol. The summed E-state index contributed by atoms with van der Waals surface area (Å²) in [5.74, 6) is -0.723. The molecule has 0 aliphatic rings. The van der Waals surface area contributed by atoms with Gasteiger partial charge >= 0.3 is 0 Å². The van der Waals surface area contributed by atoms with E-state index >= 15 is 0 Å². The van der Waals surface area contributed by atoms with Crippen LogP contribution in [0.4, 0.5) is 5.69 Å². The lowest BCUT2D eigenvalue weighted by Crippen LogP contribution is -2.27. The lowest BCUT2D eigenvalue weighted by atomic mass is 10.1. The van der Waals surface area contributed by atoms with Gasteiger partial charge in [-0.3, -0.25) is 9.59 Å². The average Bonchev–Trinajstić information content (AvgIpc) is 3.27. The van der Waals surface area contributed by atoms with Gasteiger partial charge in [-0.1, -0.05) is 18.2 Å². The van der Waals surface area contributed by atoms with Gasteiger partial charge in [-0.15, -0.1) is 5.10 Å². The number of anilines is 1. The van der Waals surface area contributed by atoms with Crippen LogP contribution in [-0.4, -0.2) is 31.4 Å². The van der Waals surface area contributed by atoms with Crippen molar-refractivity contribution in [3.05, 3.63) is 77.9 Å². The van der Waals surface area contributed by atoms with Crippen LogP contribution >= 0.6 is 0 Å². The van der Waals surface area contributed by atoms with E-state index in [0.717, 1.165) is 11.1 Å². The zero-order valence-corrected chi connectivity index (χ0v) is 16.5. The van der Waals surface area contributed by atoms with Crippen LogP contribution < -0.4 is 10.6 Å². The molecule has 0 aliphatic heterocycles. The Balaban J connectivity index is 1.65. The van der Waals surface area contributed by atoms with Crippen LogP contribution in [0.5, 0.6) is 0 Å². The number of carbonyl (C=O) groups is 2. The third kappa shape index (κ3) is 3.82. The Bertz CT molecular complexity index is 1320. The molecule has 0 fully saturated rings. The molecular formula is C22H16N7O2. The summed E-state index contributed by atoms with van der Waals surface area (Å²) in [5.41, 5.74) is 9.32. The molecule has 0 spiro atoms. The second-order valence-electron chi connectivity index (χ2n) is 6.76. The minimum Gasteiger partial charge on any atom is -0.365 e. The first-order valence-corrected chi connectivity index (χ1v) is 9.27. The topological polar surface area (TPSA) is 130 Å². The molecule has 0 bridgehead atoms. The molecule has 4 rings (SSSR count). The van der Waals surface area contributed by atoms with Crippen molar-refractivity contribution in [3.63, 3.8) is 0 Å². The molecule has 31 heavy (non-hydrogen) atoms. The summed E-state index contributed by atoms with van der Waals surface area (Å²) in [6.07, 6.45) is 4.08. The van der Waals surface area contributed by atoms with Gasteiger partial charge in [-0.05, 0) is 35.9 Å². The maximum Gasteiger partial charge on any atom is 0.252 e. The fourth-order valence-corrected chi connectivity index (χ4v) is 3.23. The van der Waals surface area contributed by atoms with Crippen molar-refractivity contribution in [3.8, 4) is 17.3 Å². The second kappa shape index (κ2) is 8.04. The van der Waals surface area contributed by atoms with E-state index in [1.807, 2.05) is 30.3 Å². The molecule has 4 aromatic rings. The van der Waals surface area contributed by atoms with E-state index in [9.17, 15) is 9.59 Å². The van der Waals surface area contributed by atoms with Crippen molar-refractivity contribution in [1.29, 1.82) is 5.26 Å². The highest BCUT2D eigenvalue weighted by atomic mass is 16.2. The molecule has 0 saturated heterocycles. The molecule has 9 heteroatoms. The number of aromatic nitrogens is 4. The van der Waals surface area contributed by atoms with Crippen molar-refractivity contribution < 1.29 is 9.59 Å². The van der Waals surface area contributed by atoms with Gasteiger partial charge in [0.2, 0.25) is 12.2 Å². The molecule has 0 atom stereocenters. The van der Waals surface area contributed by atoms with E-state index < -0.39 is 5.91 Å². The first-order valence-electron chi connectivity index (χ1n) is 9.27. The Morgan fingerprint density at radius 1 is 1.16 bits per heavy atom. The molecule has 0 unspecified atom stereocenters. The Labute approximate surface area is 177 Å². The number of hydrogen-bond acceptors (Lipinski definition) is 6. The summed E-state index contributed by atoms with van der Waals surface area (Å²) in [6.45, 7) is 1.81. The van der Waals surface area contributed by atoms with Crippen LogP contribution in [0.15, 0.2) is 54.7 Å². The van der Waals surface area contributed by atoms with E-state index in [0.29, 0.717) is 29.3 Å². The van der Waals surface area contributed by atoms with E-state index in [2.05, 4.69) is 21.4 Å². The summed E-state index contributed by atoms with van der Waals surface area (Å²) in [4.78, 5) is 33.5. The quantitative estimate of drug-likeness (QED) is 0.536. The van der Waals surface area contributed by atoms with Crippen molar-refractivity contribution >= 4 is 23.1 Å². The summed E-state index contributed by atoms with van der Waals surface area (Å²) < 4.78 is 1.50. The number of nitriles is 1. The van der Waals surface area contributed by atoms with E-state index in [-0.39, 0.29) is 11.5 Å². The Morgan fingerprint density at radius 2 is 1.94 bits per heavy atom. The molecule has 9 nitrogen and oxygen atoms in total. The SMILES string of the molecule is CC(=O)N(Cc1ccc(C#N)nc1)c1ccc(-c2ccc(C(N)=O)c3n[c]nn23)cc1. The number of amides is 2. The Hall–Kier alpha value is -4.58. The average molecular weight is 410 g/mol. The van der Waals surface area contributed by atoms with Crippen molar-refractivity contribution in [1.82, 2.24) is 19.6 Å². The van der Waals surface area contributed by atoms with Gasteiger partial charge in [-0.25, -0.2) is 14.5 Å². The number of rotatable bonds is 5. The molecule has 2 amide bonds. The zero-order valence-electron chi connectivity index (χ0n) is 16.5.